The summed E-state index contributed by atoms with van der Waals surface area (Å²) in [6, 6.07) is 0. The molecule has 112 valence electrons. The number of carboxylic acids is 1. The van der Waals surface area contributed by atoms with Gasteiger partial charge in [-0.05, 0) is 31.1 Å². The van der Waals surface area contributed by atoms with Crippen LogP contribution in [0, 0.1) is 29.6 Å². The molecule has 20 heavy (non-hydrogen) atoms. The summed E-state index contributed by atoms with van der Waals surface area (Å²) >= 11 is 0. The van der Waals surface area contributed by atoms with Crippen molar-refractivity contribution in [2.45, 2.75) is 33.6 Å². The first-order chi connectivity index (χ1) is 9.49. The van der Waals surface area contributed by atoms with E-state index in [1.54, 1.807) is 0 Å². The molecular weight excluding hydrogens is 254 g/mol. The van der Waals surface area contributed by atoms with Crippen LogP contribution in [0.2, 0.25) is 0 Å². The number of allylic oxidation sites excluding steroid dienone is 2. The van der Waals surface area contributed by atoms with E-state index in [4.69, 9.17) is 0 Å². The van der Waals surface area contributed by atoms with Gasteiger partial charge in [-0.25, -0.2) is 0 Å². The van der Waals surface area contributed by atoms with Gasteiger partial charge in [0.25, 0.3) is 0 Å². The van der Waals surface area contributed by atoms with Gasteiger partial charge in [0.15, 0.2) is 0 Å². The summed E-state index contributed by atoms with van der Waals surface area (Å²) in [4.78, 5) is 26.1. The van der Waals surface area contributed by atoms with E-state index in [1.807, 2.05) is 24.0 Å². The zero-order chi connectivity index (χ0) is 14.9. The van der Waals surface area contributed by atoms with E-state index in [9.17, 15) is 14.7 Å². The lowest BCUT2D eigenvalue weighted by molar-refractivity contribution is -0.151. The first kappa shape index (κ1) is 15.1. The second-order valence-corrected chi connectivity index (χ2v) is 6.23. The number of nitrogens with zero attached hydrogens (tertiary/aromatic N) is 1. The summed E-state index contributed by atoms with van der Waals surface area (Å²) in [5.41, 5.74) is 0. The Balaban J connectivity index is 2.14. The fourth-order valence-corrected chi connectivity index (χ4v) is 3.59. The maximum Gasteiger partial charge on any atom is 0.307 e. The Bertz CT molecular complexity index is 418. The highest BCUT2D eigenvalue weighted by molar-refractivity contribution is 5.87. The van der Waals surface area contributed by atoms with Gasteiger partial charge in [0.05, 0.1) is 11.8 Å². The Kier molecular flexibility index (Phi) is 4.51. The van der Waals surface area contributed by atoms with Gasteiger partial charge in [-0.2, -0.15) is 0 Å². The van der Waals surface area contributed by atoms with Crippen molar-refractivity contribution in [1.29, 1.82) is 0 Å². The van der Waals surface area contributed by atoms with E-state index in [0.717, 1.165) is 19.4 Å². The number of carboxylic acid groups (broad SMARTS) is 1. The maximum atomic E-state index is 12.8. The average molecular weight is 279 g/mol. The molecule has 0 aromatic carbocycles. The largest absolute Gasteiger partial charge is 0.481 e. The van der Waals surface area contributed by atoms with E-state index in [2.05, 4.69) is 13.8 Å². The molecule has 0 heterocycles. The SMILES string of the molecule is CCC(C)CN(CC)C(=O)[C@H]1C2C=CC(C2)[C@H]1C(=O)O. The zero-order valence-corrected chi connectivity index (χ0v) is 12.6. The molecule has 0 aromatic heterocycles. The molecule has 1 fully saturated rings. The molecule has 1 amide bonds. The van der Waals surface area contributed by atoms with Crippen LogP contribution in [0.4, 0.5) is 0 Å². The molecule has 1 N–H and O–H groups in total. The summed E-state index contributed by atoms with van der Waals surface area (Å²) in [6.45, 7) is 7.61. The lowest BCUT2D eigenvalue weighted by Gasteiger charge is -2.31. The highest BCUT2D eigenvalue weighted by Crippen LogP contribution is 2.48. The molecule has 3 unspecified atom stereocenters. The van der Waals surface area contributed by atoms with Gasteiger partial charge < -0.3 is 10.0 Å². The van der Waals surface area contributed by atoms with Crippen LogP contribution in [0.1, 0.15) is 33.6 Å². The lowest BCUT2D eigenvalue weighted by atomic mass is 9.82. The highest BCUT2D eigenvalue weighted by atomic mass is 16.4. The number of hydrogen-bond donors (Lipinski definition) is 1. The lowest BCUT2D eigenvalue weighted by Crippen LogP contribution is -2.44. The summed E-state index contributed by atoms with van der Waals surface area (Å²) in [6.07, 6.45) is 5.89. The minimum atomic E-state index is -0.820. The van der Waals surface area contributed by atoms with Crippen LogP contribution in [0.15, 0.2) is 12.2 Å². The van der Waals surface area contributed by atoms with Crippen molar-refractivity contribution in [2.24, 2.45) is 29.6 Å². The zero-order valence-electron chi connectivity index (χ0n) is 12.6. The van der Waals surface area contributed by atoms with E-state index in [0.29, 0.717) is 12.5 Å². The molecule has 2 bridgehead atoms. The highest BCUT2D eigenvalue weighted by Gasteiger charge is 2.52. The summed E-state index contributed by atoms with van der Waals surface area (Å²) in [5, 5.41) is 9.43. The van der Waals surface area contributed by atoms with Gasteiger partial charge in [-0.1, -0.05) is 32.4 Å². The van der Waals surface area contributed by atoms with E-state index >= 15 is 0 Å². The molecule has 4 heteroatoms. The molecule has 0 aromatic rings. The van der Waals surface area contributed by atoms with Crippen molar-refractivity contribution in [3.63, 3.8) is 0 Å². The summed E-state index contributed by atoms with van der Waals surface area (Å²) in [5.74, 6) is -1.03. The third-order valence-corrected chi connectivity index (χ3v) is 4.95. The van der Waals surface area contributed by atoms with E-state index in [1.165, 1.54) is 0 Å². The van der Waals surface area contributed by atoms with E-state index < -0.39 is 11.9 Å². The molecule has 0 aliphatic heterocycles. The smallest absolute Gasteiger partial charge is 0.307 e. The van der Waals surface area contributed by atoms with Crippen LogP contribution in [0.3, 0.4) is 0 Å². The third kappa shape index (κ3) is 2.60. The predicted molar refractivity (Wildman–Crippen MR) is 77.1 cm³/mol. The van der Waals surface area contributed by atoms with Crippen LogP contribution >= 0.6 is 0 Å². The van der Waals surface area contributed by atoms with Crippen LogP contribution in [-0.2, 0) is 9.59 Å². The Morgan fingerprint density at radius 2 is 1.85 bits per heavy atom. The fraction of sp³-hybridized carbons (Fsp3) is 0.750. The van der Waals surface area contributed by atoms with Crippen molar-refractivity contribution < 1.29 is 14.7 Å². The average Bonchev–Trinajstić information content (AvgIpc) is 3.03. The normalized spacial score (nSPS) is 32.4. The first-order valence-electron chi connectivity index (χ1n) is 7.69. The number of amides is 1. The third-order valence-electron chi connectivity index (χ3n) is 4.95. The first-order valence-corrected chi connectivity index (χ1v) is 7.69. The molecule has 0 saturated heterocycles. The quantitative estimate of drug-likeness (QED) is 0.760. The Morgan fingerprint density at radius 3 is 2.35 bits per heavy atom. The molecule has 2 aliphatic rings. The Morgan fingerprint density at radius 1 is 1.25 bits per heavy atom. The van der Waals surface area contributed by atoms with Crippen molar-refractivity contribution in [1.82, 2.24) is 4.90 Å². The number of hydrogen-bond acceptors (Lipinski definition) is 2. The number of rotatable bonds is 6. The molecule has 0 spiro atoms. The number of carbonyl (C=O) groups excluding carboxylic acids is 1. The minimum Gasteiger partial charge on any atom is -0.481 e. The molecule has 5 atom stereocenters. The van der Waals surface area contributed by atoms with Crippen LogP contribution < -0.4 is 0 Å². The number of aliphatic carboxylic acids is 1. The van der Waals surface area contributed by atoms with Gasteiger partial charge in [-0.15, -0.1) is 0 Å². The standard InChI is InChI=1S/C16H25NO3/c1-4-10(3)9-17(5-2)15(18)13-11-6-7-12(8-11)14(13)16(19)20/h6-7,10-14H,4-5,8-9H2,1-3H3,(H,19,20)/t10?,11?,12?,13-,14+/m0/s1. The van der Waals surface area contributed by atoms with Crippen molar-refractivity contribution in [2.75, 3.05) is 13.1 Å². The number of carbonyl (C=O) groups is 2. The Hall–Kier alpha value is -1.32. The van der Waals surface area contributed by atoms with E-state index in [-0.39, 0.29) is 23.7 Å². The van der Waals surface area contributed by atoms with Gasteiger partial charge in [0, 0.05) is 13.1 Å². The molecule has 1 saturated carbocycles. The monoisotopic (exact) mass is 279 g/mol. The predicted octanol–water partition coefficient (Wildman–Crippen LogP) is 2.40. The Labute approximate surface area is 120 Å². The van der Waals surface area contributed by atoms with Gasteiger partial charge in [0.2, 0.25) is 5.91 Å². The van der Waals surface area contributed by atoms with Gasteiger partial charge >= 0.3 is 5.97 Å². The second-order valence-electron chi connectivity index (χ2n) is 6.23. The molecule has 2 aliphatic carbocycles. The maximum absolute atomic E-state index is 12.8. The summed E-state index contributed by atoms with van der Waals surface area (Å²) < 4.78 is 0. The van der Waals surface area contributed by atoms with Crippen molar-refractivity contribution in [3.8, 4) is 0 Å². The topological polar surface area (TPSA) is 57.6 Å². The number of fused-ring (bicyclic) bond motifs is 2. The van der Waals surface area contributed by atoms with Gasteiger partial charge in [0.1, 0.15) is 0 Å². The van der Waals surface area contributed by atoms with Crippen molar-refractivity contribution in [3.05, 3.63) is 12.2 Å². The van der Waals surface area contributed by atoms with Crippen LogP contribution in [0.5, 0.6) is 0 Å². The molecular formula is C16H25NO3. The fourth-order valence-electron chi connectivity index (χ4n) is 3.59. The molecule has 2 rings (SSSR count). The van der Waals surface area contributed by atoms with Crippen molar-refractivity contribution >= 4 is 11.9 Å². The van der Waals surface area contributed by atoms with Crippen LogP contribution in [-0.4, -0.2) is 35.0 Å². The second kappa shape index (κ2) is 5.98. The minimum absolute atomic E-state index is 0.0389. The molecule has 4 nitrogen and oxygen atoms in total. The van der Waals surface area contributed by atoms with Gasteiger partial charge in [-0.3, -0.25) is 9.59 Å². The summed E-state index contributed by atoms with van der Waals surface area (Å²) in [7, 11) is 0. The van der Waals surface area contributed by atoms with Crippen LogP contribution in [0.25, 0.3) is 0 Å². The molecule has 0 radical (unpaired) electrons.